The topological polar surface area (TPSA) is 86.8 Å². The molecule has 0 radical (unpaired) electrons. The molecule has 7 nitrogen and oxygen atoms in total. The van der Waals surface area contributed by atoms with Crippen LogP contribution in [0.5, 0.6) is 0 Å². The zero-order valence-electron chi connectivity index (χ0n) is 21.3. The van der Waals surface area contributed by atoms with Crippen LogP contribution in [0, 0.1) is 0 Å². The van der Waals surface area contributed by atoms with Crippen LogP contribution in [0.15, 0.2) is 53.0 Å². The molecule has 2 rings (SSSR count). The van der Waals surface area contributed by atoms with Crippen LogP contribution in [0.3, 0.4) is 0 Å². The number of anilines is 1. The Balaban J connectivity index is 2.37. The number of hydrogen-bond donors (Lipinski definition) is 1. The zero-order chi connectivity index (χ0) is 26.4. The first-order valence-electron chi connectivity index (χ1n) is 11.6. The lowest BCUT2D eigenvalue weighted by molar-refractivity contribution is -0.139. The van der Waals surface area contributed by atoms with Gasteiger partial charge >= 0.3 is 0 Å². The Morgan fingerprint density at radius 1 is 1.03 bits per heavy atom. The summed E-state index contributed by atoms with van der Waals surface area (Å²) < 4.78 is 27.4. The van der Waals surface area contributed by atoms with E-state index in [0.29, 0.717) is 12.2 Å². The Kier molecular flexibility index (Phi) is 9.92. The minimum Gasteiger partial charge on any atom is -0.354 e. The van der Waals surface area contributed by atoms with Crippen molar-refractivity contribution < 1.29 is 18.0 Å². The predicted octanol–water partition coefficient (Wildman–Crippen LogP) is 4.46. The standard InChI is InChI=1S/C26H36BrN3O4S/c1-7-16-28-25(32)19(2)29(17-20-8-12-22(27)13-9-20)24(31)18-30(35(6,33)34)23-14-10-21(11-15-23)26(3,4)5/h8-15,19H,7,16-18H2,1-6H3,(H,28,32). The monoisotopic (exact) mass is 565 g/mol. The van der Waals surface area contributed by atoms with E-state index in [2.05, 4.69) is 42.0 Å². The molecular formula is C26H36BrN3O4S. The fourth-order valence-corrected chi connectivity index (χ4v) is 4.62. The molecule has 1 unspecified atom stereocenters. The smallest absolute Gasteiger partial charge is 0.244 e. The zero-order valence-corrected chi connectivity index (χ0v) is 23.7. The first-order valence-corrected chi connectivity index (χ1v) is 14.3. The molecule has 35 heavy (non-hydrogen) atoms. The molecule has 2 amide bonds. The molecule has 0 spiro atoms. The van der Waals surface area contributed by atoms with E-state index < -0.39 is 28.5 Å². The average Bonchev–Trinajstić information content (AvgIpc) is 2.78. The third-order valence-corrected chi connectivity index (χ3v) is 7.35. The summed E-state index contributed by atoms with van der Waals surface area (Å²) in [4.78, 5) is 27.7. The number of amides is 2. The van der Waals surface area contributed by atoms with Crippen LogP contribution < -0.4 is 9.62 Å². The number of hydrogen-bond acceptors (Lipinski definition) is 4. The highest BCUT2D eigenvalue weighted by Gasteiger charge is 2.30. The van der Waals surface area contributed by atoms with Gasteiger partial charge in [-0.15, -0.1) is 0 Å². The van der Waals surface area contributed by atoms with Crippen molar-refractivity contribution in [1.29, 1.82) is 0 Å². The van der Waals surface area contributed by atoms with Gasteiger partial charge in [-0.2, -0.15) is 0 Å². The van der Waals surface area contributed by atoms with Gasteiger partial charge in [-0.1, -0.05) is 67.9 Å². The summed E-state index contributed by atoms with van der Waals surface area (Å²) in [6.07, 6.45) is 1.85. The molecule has 2 aromatic rings. The van der Waals surface area contributed by atoms with Crippen LogP contribution >= 0.6 is 15.9 Å². The van der Waals surface area contributed by atoms with Gasteiger partial charge in [-0.3, -0.25) is 13.9 Å². The molecule has 1 N–H and O–H groups in total. The first-order chi connectivity index (χ1) is 16.2. The summed E-state index contributed by atoms with van der Waals surface area (Å²) in [6, 6.07) is 13.8. The molecule has 0 heterocycles. The van der Waals surface area contributed by atoms with E-state index in [4.69, 9.17) is 0 Å². The molecular weight excluding hydrogens is 530 g/mol. The van der Waals surface area contributed by atoms with E-state index in [-0.39, 0.29) is 17.9 Å². The number of carbonyl (C=O) groups excluding carboxylic acids is 2. The summed E-state index contributed by atoms with van der Waals surface area (Å²) in [5, 5.41) is 2.83. The molecule has 0 aliphatic carbocycles. The Morgan fingerprint density at radius 3 is 2.09 bits per heavy atom. The van der Waals surface area contributed by atoms with Gasteiger partial charge in [-0.25, -0.2) is 8.42 Å². The highest BCUT2D eigenvalue weighted by Crippen LogP contribution is 2.26. The van der Waals surface area contributed by atoms with Gasteiger partial charge < -0.3 is 10.2 Å². The summed E-state index contributed by atoms with van der Waals surface area (Å²) in [5.74, 6) is -0.741. The van der Waals surface area contributed by atoms with E-state index in [9.17, 15) is 18.0 Å². The minimum absolute atomic E-state index is 0.0902. The second kappa shape index (κ2) is 12.0. The van der Waals surface area contributed by atoms with E-state index >= 15 is 0 Å². The van der Waals surface area contributed by atoms with Crippen LogP contribution in [-0.4, -0.2) is 50.5 Å². The number of rotatable bonds is 10. The quantitative estimate of drug-likeness (QED) is 0.460. The predicted molar refractivity (Wildman–Crippen MR) is 145 cm³/mol. The molecule has 0 saturated heterocycles. The number of carbonyl (C=O) groups is 2. The number of nitrogens with zero attached hydrogens (tertiary/aromatic N) is 2. The van der Waals surface area contributed by atoms with Gasteiger partial charge in [0.1, 0.15) is 12.6 Å². The largest absolute Gasteiger partial charge is 0.354 e. The highest BCUT2D eigenvalue weighted by molar-refractivity contribution is 9.10. The van der Waals surface area contributed by atoms with Crippen molar-refractivity contribution in [3.05, 3.63) is 64.1 Å². The summed E-state index contributed by atoms with van der Waals surface area (Å²) in [6.45, 7) is 10.1. The maximum Gasteiger partial charge on any atom is 0.244 e. The van der Waals surface area contributed by atoms with Crippen LogP contribution in [0.25, 0.3) is 0 Å². The molecule has 192 valence electrons. The van der Waals surface area contributed by atoms with E-state index in [1.54, 1.807) is 19.1 Å². The number of benzene rings is 2. The lowest BCUT2D eigenvalue weighted by Crippen LogP contribution is -2.51. The van der Waals surface area contributed by atoms with Gasteiger partial charge in [0.05, 0.1) is 11.9 Å². The SMILES string of the molecule is CCCNC(=O)C(C)N(Cc1ccc(Br)cc1)C(=O)CN(c1ccc(C(C)(C)C)cc1)S(C)(=O)=O. The Hall–Kier alpha value is -2.39. The van der Waals surface area contributed by atoms with E-state index in [1.165, 1.54) is 4.90 Å². The molecule has 0 aliphatic heterocycles. The van der Waals surface area contributed by atoms with Crippen molar-refractivity contribution in [3.63, 3.8) is 0 Å². The summed E-state index contributed by atoms with van der Waals surface area (Å²) >= 11 is 3.40. The molecule has 9 heteroatoms. The second-order valence-corrected chi connectivity index (χ2v) is 12.5. The van der Waals surface area contributed by atoms with Crippen LogP contribution in [0.1, 0.15) is 52.2 Å². The van der Waals surface area contributed by atoms with Gasteiger partial charge in [0.25, 0.3) is 0 Å². The van der Waals surface area contributed by atoms with Crippen molar-refractivity contribution in [2.24, 2.45) is 0 Å². The molecule has 0 aromatic heterocycles. The molecule has 0 saturated carbocycles. The van der Waals surface area contributed by atoms with Crippen LogP contribution in [0.4, 0.5) is 5.69 Å². The van der Waals surface area contributed by atoms with E-state index in [0.717, 1.165) is 32.6 Å². The Bertz CT molecular complexity index is 1110. The van der Waals surface area contributed by atoms with Crippen molar-refractivity contribution in [3.8, 4) is 0 Å². The van der Waals surface area contributed by atoms with Gasteiger partial charge in [0.2, 0.25) is 21.8 Å². The maximum absolute atomic E-state index is 13.5. The Morgan fingerprint density at radius 2 is 1.60 bits per heavy atom. The third-order valence-electron chi connectivity index (χ3n) is 5.68. The summed E-state index contributed by atoms with van der Waals surface area (Å²) in [7, 11) is -3.75. The maximum atomic E-state index is 13.5. The first kappa shape index (κ1) is 28.8. The Labute approximate surface area is 218 Å². The molecule has 0 bridgehead atoms. The minimum atomic E-state index is -3.75. The van der Waals surface area contributed by atoms with Gasteiger partial charge in [-0.05, 0) is 54.2 Å². The fourth-order valence-electron chi connectivity index (χ4n) is 3.51. The lowest BCUT2D eigenvalue weighted by atomic mass is 9.87. The second-order valence-electron chi connectivity index (χ2n) is 9.68. The van der Waals surface area contributed by atoms with Gasteiger partial charge in [0.15, 0.2) is 0 Å². The molecule has 0 aliphatic rings. The lowest BCUT2D eigenvalue weighted by Gasteiger charge is -2.31. The number of sulfonamides is 1. The number of nitrogens with one attached hydrogen (secondary N) is 1. The summed E-state index contributed by atoms with van der Waals surface area (Å²) in [5.41, 5.74) is 2.20. The fraction of sp³-hybridized carbons (Fsp3) is 0.462. The van der Waals surface area contributed by atoms with Crippen molar-refractivity contribution in [2.45, 2.75) is 59.0 Å². The molecule has 1 atom stereocenters. The molecule has 2 aromatic carbocycles. The van der Waals surface area contributed by atoms with Crippen LogP contribution in [0.2, 0.25) is 0 Å². The third kappa shape index (κ3) is 8.35. The molecule has 0 fully saturated rings. The van der Waals surface area contributed by atoms with Crippen molar-refractivity contribution in [2.75, 3.05) is 23.7 Å². The average molecular weight is 567 g/mol. The van der Waals surface area contributed by atoms with Crippen molar-refractivity contribution in [1.82, 2.24) is 10.2 Å². The van der Waals surface area contributed by atoms with Gasteiger partial charge in [0, 0.05) is 17.6 Å². The highest BCUT2D eigenvalue weighted by atomic mass is 79.9. The van der Waals surface area contributed by atoms with Crippen LogP contribution in [-0.2, 0) is 31.6 Å². The van der Waals surface area contributed by atoms with Crippen molar-refractivity contribution >= 4 is 43.5 Å². The normalized spacial score (nSPS) is 12.7. The number of halogens is 1. The van der Waals surface area contributed by atoms with E-state index in [1.807, 2.05) is 43.3 Å².